The third-order valence-electron chi connectivity index (χ3n) is 4.09. The van der Waals surface area contributed by atoms with Crippen LogP contribution in [0.15, 0.2) is 91.6 Å². The fourth-order valence-corrected chi connectivity index (χ4v) is 2.77. The molecule has 0 aromatic heterocycles. The molecule has 3 amide bonds. The SMILES string of the molecule is C=C/C=C(\C=C)C(NC(=O)CNC(=O)NCc1ccccc1)c1ccc(Cl)cc1. The van der Waals surface area contributed by atoms with Crippen molar-refractivity contribution in [3.63, 3.8) is 0 Å². The van der Waals surface area contributed by atoms with Gasteiger partial charge in [-0.1, -0.05) is 85.5 Å². The number of urea groups is 1. The summed E-state index contributed by atoms with van der Waals surface area (Å²) in [4.78, 5) is 24.4. The van der Waals surface area contributed by atoms with E-state index < -0.39 is 12.1 Å². The summed E-state index contributed by atoms with van der Waals surface area (Å²) >= 11 is 5.96. The Hall–Kier alpha value is -3.31. The Morgan fingerprint density at radius 3 is 2.31 bits per heavy atom. The molecule has 150 valence electrons. The van der Waals surface area contributed by atoms with Crippen LogP contribution in [0.25, 0.3) is 0 Å². The summed E-state index contributed by atoms with van der Waals surface area (Å²) in [6, 6.07) is 15.8. The van der Waals surface area contributed by atoms with Gasteiger partial charge >= 0.3 is 6.03 Å². The zero-order valence-electron chi connectivity index (χ0n) is 16.0. The molecule has 2 aromatic rings. The van der Waals surface area contributed by atoms with Crippen LogP contribution in [-0.2, 0) is 11.3 Å². The van der Waals surface area contributed by atoms with Crippen LogP contribution < -0.4 is 16.0 Å². The monoisotopic (exact) mass is 409 g/mol. The molecule has 0 aliphatic rings. The smallest absolute Gasteiger partial charge is 0.315 e. The highest BCUT2D eigenvalue weighted by atomic mass is 35.5. The van der Waals surface area contributed by atoms with Crippen molar-refractivity contribution < 1.29 is 9.59 Å². The highest BCUT2D eigenvalue weighted by Crippen LogP contribution is 2.24. The zero-order valence-corrected chi connectivity index (χ0v) is 16.8. The van der Waals surface area contributed by atoms with Gasteiger partial charge in [-0.15, -0.1) is 0 Å². The van der Waals surface area contributed by atoms with Gasteiger partial charge in [0.05, 0.1) is 12.6 Å². The number of halogens is 1. The Morgan fingerprint density at radius 1 is 1.00 bits per heavy atom. The molecule has 0 spiro atoms. The molecule has 0 saturated carbocycles. The summed E-state index contributed by atoms with van der Waals surface area (Å²) in [6.45, 7) is 7.72. The minimum absolute atomic E-state index is 0.163. The summed E-state index contributed by atoms with van der Waals surface area (Å²) in [6.07, 6.45) is 5.05. The number of nitrogens with one attached hydrogen (secondary N) is 3. The maximum atomic E-state index is 12.4. The zero-order chi connectivity index (χ0) is 21.1. The largest absolute Gasteiger partial charge is 0.344 e. The second-order valence-corrected chi connectivity index (χ2v) is 6.62. The first kappa shape index (κ1) is 22.0. The summed E-state index contributed by atoms with van der Waals surface area (Å²) < 4.78 is 0. The van der Waals surface area contributed by atoms with Crippen LogP contribution in [0.4, 0.5) is 4.79 Å². The van der Waals surface area contributed by atoms with Crippen LogP contribution in [0.3, 0.4) is 0 Å². The minimum Gasteiger partial charge on any atom is -0.344 e. The average Bonchev–Trinajstić information content (AvgIpc) is 2.74. The molecule has 0 heterocycles. The lowest BCUT2D eigenvalue weighted by molar-refractivity contribution is -0.120. The fourth-order valence-electron chi connectivity index (χ4n) is 2.65. The number of carbonyl (C=O) groups is 2. The van der Waals surface area contributed by atoms with Crippen molar-refractivity contribution in [3.8, 4) is 0 Å². The van der Waals surface area contributed by atoms with Crippen LogP contribution >= 0.6 is 11.6 Å². The number of allylic oxidation sites excluding steroid dienone is 2. The first-order chi connectivity index (χ1) is 14.0. The fraction of sp³-hybridized carbons (Fsp3) is 0.130. The molecule has 0 saturated heterocycles. The number of hydrogen-bond acceptors (Lipinski definition) is 2. The van der Waals surface area contributed by atoms with E-state index >= 15 is 0 Å². The van der Waals surface area contributed by atoms with Gasteiger partial charge in [0.25, 0.3) is 0 Å². The number of carbonyl (C=O) groups excluding carboxylic acids is 2. The first-order valence-electron chi connectivity index (χ1n) is 9.09. The van der Waals surface area contributed by atoms with E-state index in [1.165, 1.54) is 0 Å². The number of hydrogen-bond donors (Lipinski definition) is 3. The second-order valence-electron chi connectivity index (χ2n) is 6.18. The molecule has 1 unspecified atom stereocenters. The predicted molar refractivity (Wildman–Crippen MR) is 117 cm³/mol. The van der Waals surface area contributed by atoms with Crippen LogP contribution in [-0.4, -0.2) is 18.5 Å². The molecule has 1 atom stereocenters. The van der Waals surface area contributed by atoms with Crippen molar-refractivity contribution >= 4 is 23.5 Å². The molecular weight excluding hydrogens is 386 g/mol. The molecular formula is C23H24ClN3O2. The van der Waals surface area contributed by atoms with Crippen LogP contribution in [0.2, 0.25) is 5.02 Å². The molecule has 3 N–H and O–H groups in total. The topological polar surface area (TPSA) is 70.2 Å². The summed E-state index contributed by atoms with van der Waals surface area (Å²) in [5.41, 5.74) is 2.58. The van der Waals surface area contributed by atoms with E-state index in [2.05, 4.69) is 29.1 Å². The van der Waals surface area contributed by atoms with Gasteiger partial charge in [-0.3, -0.25) is 4.79 Å². The second kappa shape index (κ2) is 11.5. The van der Waals surface area contributed by atoms with Crippen molar-refractivity contribution in [2.45, 2.75) is 12.6 Å². The Kier molecular flexibility index (Phi) is 8.73. The number of rotatable bonds is 9. The van der Waals surface area contributed by atoms with Crippen LogP contribution in [0.1, 0.15) is 17.2 Å². The highest BCUT2D eigenvalue weighted by Gasteiger charge is 2.17. The summed E-state index contributed by atoms with van der Waals surface area (Å²) in [7, 11) is 0. The van der Waals surface area contributed by atoms with Gasteiger partial charge < -0.3 is 16.0 Å². The minimum atomic E-state index is -0.440. The van der Waals surface area contributed by atoms with Gasteiger partial charge in [0.2, 0.25) is 5.91 Å². The summed E-state index contributed by atoms with van der Waals surface area (Å²) in [5.74, 6) is -0.336. The van der Waals surface area contributed by atoms with Crippen molar-refractivity contribution in [2.75, 3.05) is 6.54 Å². The molecule has 5 nitrogen and oxygen atoms in total. The molecule has 0 radical (unpaired) electrons. The van der Waals surface area contributed by atoms with Gasteiger partial charge in [-0.2, -0.15) is 0 Å². The third-order valence-corrected chi connectivity index (χ3v) is 4.35. The Bertz CT molecular complexity index is 877. The lowest BCUT2D eigenvalue weighted by Crippen LogP contribution is -2.42. The molecule has 6 heteroatoms. The van der Waals surface area contributed by atoms with Gasteiger partial charge in [0.15, 0.2) is 0 Å². The highest BCUT2D eigenvalue weighted by molar-refractivity contribution is 6.30. The van der Waals surface area contributed by atoms with Crippen LogP contribution in [0, 0.1) is 0 Å². The lowest BCUT2D eigenvalue weighted by Gasteiger charge is -2.21. The van der Waals surface area contributed by atoms with E-state index in [0.29, 0.717) is 11.6 Å². The standard InChI is InChI=1S/C23H24ClN3O2/c1-3-8-18(4-2)22(19-11-13-20(24)14-12-19)27-21(28)16-26-23(29)25-15-17-9-6-5-7-10-17/h3-14,22H,1-2,15-16H2,(H,27,28)(H2,25,26,29)/b18-8+. The predicted octanol–water partition coefficient (Wildman–Crippen LogP) is 4.30. The van der Waals surface area contributed by atoms with Gasteiger partial charge in [-0.05, 0) is 28.8 Å². The Balaban J connectivity index is 1.95. The Morgan fingerprint density at radius 2 is 1.69 bits per heavy atom. The maximum absolute atomic E-state index is 12.4. The Labute approximate surface area is 176 Å². The molecule has 0 aliphatic carbocycles. The number of benzene rings is 2. The quantitative estimate of drug-likeness (QED) is 0.540. The van der Waals surface area contributed by atoms with E-state index in [1.807, 2.05) is 42.5 Å². The van der Waals surface area contributed by atoms with E-state index in [0.717, 1.165) is 16.7 Å². The summed E-state index contributed by atoms with van der Waals surface area (Å²) in [5, 5.41) is 8.78. The molecule has 0 aliphatic heterocycles. The molecule has 2 aromatic carbocycles. The van der Waals surface area contributed by atoms with E-state index in [9.17, 15) is 9.59 Å². The van der Waals surface area contributed by atoms with Crippen molar-refractivity contribution in [2.24, 2.45) is 0 Å². The van der Waals surface area contributed by atoms with E-state index in [4.69, 9.17) is 11.6 Å². The normalized spacial score (nSPS) is 11.8. The lowest BCUT2D eigenvalue weighted by atomic mass is 9.98. The number of amides is 3. The van der Waals surface area contributed by atoms with Gasteiger partial charge in [-0.25, -0.2) is 4.79 Å². The molecule has 29 heavy (non-hydrogen) atoms. The molecule has 2 rings (SSSR count). The van der Waals surface area contributed by atoms with Gasteiger partial charge in [0, 0.05) is 11.6 Å². The van der Waals surface area contributed by atoms with E-state index in [-0.39, 0.29) is 12.5 Å². The maximum Gasteiger partial charge on any atom is 0.315 e. The molecule has 0 bridgehead atoms. The van der Waals surface area contributed by atoms with Crippen molar-refractivity contribution in [1.29, 1.82) is 0 Å². The van der Waals surface area contributed by atoms with Crippen LogP contribution in [0.5, 0.6) is 0 Å². The van der Waals surface area contributed by atoms with Crippen molar-refractivity contribution in [1.82, 2.24) is 16.0 Å². The van der Waals surface area contributed by atoms with Crippen molar-refractivity contribution in [3.05, 3.63) is 108 Å². The van der Waals surface area contributed by atoms with Gasteiger partial charge in [0.1, 0.15) is 0 Å². The van der Waals surface area contributed by atoms with E-state index in [1.54, 1.807) is 30.4 Å². The first-order valence-corrected chi connectivity index (χ1v) is 9.46. The average molecular weight is 410 g/mol. The molecule has 0 fully saturated rings. The third kappa shape index (κ3) is 7.31.